The number of carbonyl (C=O) groups is 1. The number of aromatic nitrogens is 1. The van der Waals surface area contributed by atoms with Crippen LogP contribution in [0, 0.1) is 0 Å². The van der Waals surface area contributed by atoms with Crippen LogP contribution < -0.4 is 5.32 Å². The van der Waals surface area contributed by atoms with Crippen molar-refractivity contribution >= 4 is 22.5 Å². The average molecular weight is 349 g/mol. The van der Waals surface area contributed by atoms with Crippen LogP contribution in [0.25, 0.3) is 10.9 Å². The van der Waals surface area contributed by atoms with Crippen molar-refractivity contribution < 1.29 is 4.79 Å². The predicted molar refractivity (Wildman–Crippen MR) is 109 cm³/mol. The molecule has 1 amide bonds. The lowest BCUT2D eigenvalue weighted by Gasteiger charge is -2.12. The fraction of sp³-hybridized carbons (Fsp3) is 0.318. The molecule has 0 radical (unpaired) electrons. The van der Waals surface area contributed by atoms with E-state index in [0.717, 1.165) is 37.1 Å². The molecule has 0 atom stereocenters. The Kier molecular flexibility index (Phi) is 6.08. The molecule has 3 rings (SSSR count). The van der Waals surface area contributed by atoms with Gasteiger partial charge < -0.3 is 14.8 Å². The molecular formula is C22H27N3O. The van der Waals surface area contributed by atoms with Gasteiger partial charge in [-0.2, -0.15) is 0 Å². The minimum absolute atomic E-state index is 0.0756. The van der Waals surface area contributed by atoms with Gasteiger partial charge in [-0.3, -0.25) is 4.79 Å². The number of aryl methyl sites for hydroxylation is 1. The third kappa shape index (κ3) is 4.96. The first-order valence-electron chi connectivity index (χ1n) is 9.19. The summed E-state index contributed by atoms with van der Waals surface area (Å²) in [6.07, 6.45) is 4.44. The zero-order valence-corrected chi connectivity index (χ0v) is 15.6. The van der Waals surface area contributed by atoms with Crippen LogP contribution >= 0.6 is 0 Å². The van der Waals surface area contributed by atoms with Gasteiger partial charge in [0.15, 0.2) is 0 Å². The monoisotopic (exact) mass is 349 g/mol. The predicted octanol–water partition coefficient (Wildman–Crippen LogP) is 4.16. The highest BCUT2D eigenvalue weighted by Crippen LogP contribution is 2.21. The largest absolute Gasteiger partial charge is 0.346 e. The van der Waals surface area contributed by atoms with E-state index in [1.54, 1.807) is 0 Å². The fourth-order valence-corrected chi connectivity index (χ4v) is 3.09. The Morgan fingerprint density at radius 1 is 1.08 bits per heavy atom. The fourth-order valence-electron chi connectivity index (χ4n) is 3.09. The number of hydrogen-bond donors (Lipinski definition) is 1. The van der Waals surface area contributed by atoms with Crippen LogP contribution in [-0.2, 0) is 17.8 Å². The van der Waals surface area contributed by atoms with E-state index in [-0.39, 0.29) is 5.91 Å². The molecule has 0 aliphatic heterocycles. The van der Waals surface area contributed by atoms with Crippen molar-refractivity contribution in [2.24, 2.45) is 0 Å². The molecule has 2 aromatic carbocycles. The number of anilines is 1. The molecule has 26 heavy (non-hydrogen) atoms. The summed E-state index contributed by atoms with van der Waals surface area (Å²) in [6, 6.07) is 18.5. The Bertz CT molecular complexity index is 852. The summed E-state index contributed by atoms with van der Waals surface area (Å²) < 4.78 is 2.24. The van der Waals surface area contributed by atoms with Gasteiger partial charge in [0.25, 0.3) is 0 Å². The third-order valence-corrected chi connectivity index (χ3v) is 4.56. The zero-order chi connectivity index (χ0) is 18.4. The summed E-state index contributed by atoms with van der Waals surface area (Å²) in [5.74, 6) is 0.0756. The van der Waals surface area contributed by atoms with Crippen molar-refractivity contribution in [2.45, 2.75) is 25.8 Å². The van der Waals surface area contributed by atoms with Crippen molar-refractivity contribution in [2.75, 3.05) is 26.0 Å². The molecule has 0 bridgehead atoms. The Morgan fingerprint density at radius 3 is 2.65 bits per heavy atom. The van der Waals surface area contributed by atoms with E-state index in [1.807, 2.05) is 24.3 Å². The van der Waals surface area contributed by atoms with E-state index < -0.39 is 0 Å². The van der Waals surface area contributed by atoms with E-state index in [9.17, 15) is 4.79 Å². The molecule has 4 heteroatoms. The second-order valence-electron chi connectivity index (χ2n) is 6.97. The van der Waals surface area contributed by atoms with Crippen molar-refractivity contribution in [1.82, 2.24) is 9.47 Å². The van der Waals surface area contributed by atoms with Crippen LogP contribution in [0.15, 0.2) is 60.8 Å². The number of nitrogens with zero attached hydrogens (tertiary/aromatic N) is 2. The lowest BCUT2D eigenvalue weighted by Crippen LogP contribution is -2.18. The number of benzene rings is 2. The second kappa shape index (κ2) is 8.68. The van der Waals surface area contributed by atoms with Gasteiger partial charge in [0.05, 0.1) is 5.52 Å². The van der Waals surface area contributed by atoms with E-state index in [1.165, 1.54) is 10.9 Å². The highest BCUT2D eigenvalue weighted by Gasteiger charge is 2.06. The number of nitrogens with one attached hydrogen (secondary N) is 1. The Balaban J connectivity index is 1.57. The SMILES string of the molecule is CN(C)CCn1ccc2ccc(NC(=O)CCCc3ccccc3)cc21. The number of hydrogen-bond acceptors (Lipinski definition) is 2. The maximum Gasteiger partial charge on any atom is 0.224 e. The van der Waals surface area contributed by atoms with E-state index in [2.05, 4.69) is 65.4 Å². The zero-order valence-electron chi connectivity index (χ0n) is 15.6. The van der Waals surface area contributed by atoms with Gasteiger partial charge in [-0.1, -0.05) is 36.4 Å². The topological polar surface area (TPSA) is 37.3 Å². The Hall–Kier alpha value is -2.59. The van der Waals surface area contributed by atoms with Crippen LogP contribution in [0.1, 0.15) is 18.4 Å². The number of likely N-dealkylation sites (N-methyl/N-ethyl adjacent to an activating group) is 1. The lowest BCUT2D eigenvalue weighted by molar-refractivity contribution is -0.116. The van der Waals surface area contributed by atoms with Crippen LogP contribution in [0.5, 0.6) is 0 Å². The molecule has 3 aromatic rings. The normalized spacial score (nSPS) is 11.2. The summed E-state index contributed by atoms with van der Waals surface area (Å²) >= 11 is 0. The molecule has 0 aliphatic carbocycles. The maximum absolute atomic E-state index is 12.3. The lowest BCUT2D eigenvalue weighted by atomic mass is 10.1. The Morgan fingerprint density at radius 2 is 1.88 bits per heavy atom. The van der Waals surface area contributed by atoms with Gasteiger partial charge in [0.1, 0.15) is 0 Å². The minimum atomic E-state index is 0.0756. The first-order chi connectivity index (χ1) is 12.6. The van der Waals surface area contributed by atoms with E-state index in [4.69, 9.17) is 0 Å². The van der Waals surface area contributed by atoms with E-state index >= 15 is 0 Å². The maximum atomic E-state index is 12.3. The van der Waals surface area contributed by atoms with Gasteiger partial charge >= 0.3 is 0 Å². The summed E-state index contributed by atoms with van der Waals surface area (Å²) in [7, 11) is 4.15. The number of rotatable bonds is 8. The molecule has 4 nitrogen and oxygen atoms in total. The van der Waals surface area contributed by atoms with Crippen LogP contribution in [0.2, 0.25) is 0 Å². The molecular weight excluding hydrogens is 322 g/mol. The molecule has 0 aliphatic rings. The Labute approximate surface area is 155 Å². The van der Waals surface area contributed by atoms with Crippen molar-refractivity contribution in [3.8, 4) is 0 Å². The summed E-state index contributed by atoms with van der Waals surface area (Å²) in [4.78, 5) is 14.4. The van der Waals surface area contributed by atoms with Crippen LogP contribution in [0.3, 0.4) is 0 Å². The summed E-state index contributed by atoms with van der Waals surface area (Å²) in [5.41, 5.74) is 3.31. The van der Waals surface area contributed by atoms with Gasteiger partial charge in [-0.15, -0.1) is 0 Å². The van der Waals surface area contributed by atoms with Crippen LogP contribution in [0.4, 0.5) is 5.69 Å². The first-order valence-corrected chi connectivity index (χ1v) is 9.19. The van der Waals surface area contributed by atoms with Crippen molar-refractivity contribution in [1.29, 1.82) is 0 Å². The molecule has 0 saturated heterocycles. The first kappa shape index (κ1) is 18.2. The van der Waals surface area contributed by atoms with Crippen molar-refractivity contribution in [3.63, 3.8) is 0 Å². The summed E-state index contributed by atoms with van der Waals surface area (Å²) in [6.45, 7) is 1.92. The van der Waals surface area contributed by atoms with Gasteiger partial charge in [0.2, 0.25) is 5.91 Å². The average Bonchev–Trinajstić information content (AvgIpc) is 3.03. The van der Waals surface area contributed by atoms with Gasteiger partial charge in [-0.25, -0.2) is 0 Å². The molecule has 1 N–H and O–H groups in total. The molecule has 1 heterocycles. The molecule has 136 valence electrons. The molecule has 0 spiro atoms. The third-order valence-electron chi connectivity index (χ3n) is 4.56. The summed E-state index contributed by atoms with van der Waals surface area (Å²) in [5, 5.41) is 4.24. The minimum Gasteiger partial charge on any atom is -0.346 e. The second-order valence-corrected chi connectivity index (χ2v) is 6.97. The standard InChI is InChI=1S/C22H27N3O/c1-24(2)15-16-25-14-13-19-11-12-20(17-21(19)25)23-22(26)10-6-9-18-7-4-3-5-8-18/h3-5,7-8,11-14,17H,6,9-10,15-16H2,1-2H3,(H,23,26). The van der Waals surface area contributed by atoms with E-state index in [0.29, 0.717) is 6.42 Å². The van der Waals surface area contributed by atoms with Crippen LogP contribution in [-0.4, -0.2) is 36.0 Å². The smallest absolute Gasteiger partial charge is 0.224 e. The molecule has 0 fully saturated rings. The molecule has 1 aromatic heterocycles. The number of amides is 1. The van der Waals surface area contributed by atoms with Gasteiger partial charge in [-0.05, 0) is 56.1 Å². The van der Waals surface area contributed by atoms with Gasteiger partial charge in [0, 0.05) is 31.4 Å². The van der Waals surface area contributed by atoms with Crippen molar-refractivity contribution in [3.05, 3.63) is 66.4 Å². The quantitative estimate of drug-likeness (QED) is 0.663. The number of fused-ring (bicyclic) bond motifs is 1. The highest BCUT2D eigenvalue weighted by atomic mass is 16.1. The highest BCUT2D eigenvalue weighted by molar-refractivity contribution is 5.93. The molecule has 0 unspecified atom stereocenters. The molecule has 0 saturated carbocycles. The number of carbonyl (C=O) groups excluding carboxylic acids is 1.